The molecule has 0 aliphatic rings. The second-order valence-electron chi connectivity index (χ2n) is 6.82. The Balaban J connectivity index is 2.00. The van der Waals surface area contributed by atoms with Gasteiger partial charge in [-0.3, -0.25) is 0 Å². The fraction of sp³-hybridized carbons (Fsp3) is 0.238. The molecule has 0 saturated heterocycles. The number of methoxy groups -OCH3 is 2. The van der Waals surface area contributed by atoms with Gasteiger partial charge in [-0.1, -0.05) is 18.2 Å². The zero-order chi connectivity index (χ0) is 21.6. The second-order valence-corrected chi connectivity index (χ2v) is 6.82. The largest absolute Gasteiger partial charge is 0.494 e. The molecule has 4 aromatic rings. The summed E-state index contributed by atoms with van der Waals surface area (Å²) < 4.78 is 53.0. The average molecular weight is 417 g/mol. The van der Waals surface area contributed by atoms with Crippen LogP contribution in [0.2, 0.25) is 0 Å². The van der Waals surface area contributed by atoms with Crippen molar-refractivity contribution in [2.24, 2.45) is 7.05 Å². The van der Waals surface area contributed by atoms with Crippen molar-refractivity contribution in [1.29, 1.82) is 0 Å². The zero-order valence-electron chi connectivity index (χ0n) is 16.4. The van der Waals surface area contributed by atoms with E-state index in [0.717, 1.165) is 0 Å². The number of rotatable bonds is 4. The molecular weight excluding hydrogens is 399 g/mol. The van der Waals surface area contributed by atoms with Gasteiger partial charge in [0.25, 0.3) is 0 Å². The molecule has 2 heterocycles. The summed E-state index contributed by atoms with van der Waals surface area (Å²) in [5.41, 5.74) is 1.98. The quantitative estimate of drug-likeness (QED) is 0.457. The van der Waals surface area contributed by atoms with Crippen LogP contribution in [-0.4, -0.2) is 40.5 Å². The van der Waals surface area contributed by atoms with Gasteiger partial charge in [-0.15, -0.1) is 0 Å². The smallest absolute Gasteiger partial charge is 0.406 e. The predicted octanol–water partition coefficient (Wildman–Crippen LogP) is 4.55. The third-order valence-corrected chi connectivity index (χ3v) is 4.95. The summed E-state index contributed by atoms with van der Waals surface area (Å²) in [7, 11) is 4.40. The molecule has 156 valence electrons. The molecule has 0 fully saturated rings. The number of hydrogen-bond donors (Lipinski definition) is 0. The Morgan fingerprint density at radius 3 is 2.53 bits per heavy atom. The number of carbonyl (C=O) groups excluding carboxylic acids is 1. The Hall–Kier alpha value is -3.49. The van der Waals surface area contributed by atoms with Crippen LogP contribution in [0.1, 0.15) is 10.4 Å². The molecule has 4 rings (SSSR count). The Kier molecular flexibility index (Phi) is 4.68. The summed E-state index contributed by atoms with van der Waals surface area (Å²) in [6.07, 6.45) is -4.41. The number of aromatic nitrogens is 3. The van der Waals surface area contributed by atoms with Gasteiger partial charge < -0.3 is 18.6 Å². The molecule has 0 bridgehead atoms. The van der Waals surface area contributed by atoms with E-state index < -0.39 is 18.7 Å². The van der Waals surface area contributed by atoms with Crippen molar-refractivity contribution < 1.29 is 27.4 Å². The van der Waals surface area contributed by atoms with E-state index in [9.17, 15) is 18.0 Å². The molecule has 0 aliphatic carbocycles. The number of imidazole rings is 1. The first kappa shape index (κ1) is 19.8. The molecule has 9 heteroatoms. The molecule has 0 atom stereocenters. The van der Waals surface area contributed by atoms with Gasteiger partial charge in [0.2, 0.25) is 0 Å². The van der Waals surface area contributed by atoms with Gasteiger partial charge in [0.05, 0.1) is 31.0 Å². The fourth-order valence-electron chi connectivity index (χ4n) is 3.68. The highest BCUT2D eigenvalue weighted by molar-refractivity contribution is 5.97. The summed E-state index contributed by atoms with van der Waals surface area (Å²) in [5.74, 6) is 0.131. The van der Waals surface area contributed by atoms with E-state index in [1.807, 2.05) is 0 Å². The highest BCUT2D eigenvalue weighted by Gasteiger charge is 2.31. The minimum atomic E-state index is -4.41. The molecule has 30 heavy (non-hydrogen) atoms. The number of esters is 1. The van der Waals surface area contributed by atoms with E-state index >= 15 is 0 Å². The van der Waals surface area contributed by atoms with Gasteiger partial charge >= 0.3 is 12.1 Å². The van der Waals surface area contributed by atoms with E-state index in [2.05, 4.69) is 4.98 Å². The van der Waals surface area contributed by atoms with Crippen molar-refractivity contribution in [2.75, 3.05) is 14.2 Å². The maximum atomic E-state index is 13.3. The zero-order valence-corrected chi connectivity index (χ0v) is 16.4. The van der Waals surface area contributed by atoms with Gasteiger partial charge in [-0.2, -0.15) is 13.2 Å². The Morgan fingerprint density at radius 2 is 1.87 bits per heavy atom. The lowest BCUT2D eigenvalue weighted by molar-refractivity contribution is -0.139. The van der Waals surface area contributed by atoms with E-state index in [4.69, 9.17) is 9.47 Å². The van der Waals surface area contributed by atoms with Gasteiger partial charge in [-0.05, 0) is 24.3 Å². The third-order valence-electron chi connectivity index (χ3n) is 4.95. The Labute approximate surface area is 169 Å². The number of nitrogens with zero attached hydrogens (tertiary/aromatic N) is 3. The lowest BCUT2D eigenvalue weighted by Crippen LogP contribution is -2.18. The van der Waals surface area contributed by atoms with E-state index in [-0.39, 0.29) is 5.56 Å². The number of ether oxygens (including phenoxy) is 2. The second kappa shape index (κ2) is 7.08. The normalized spacial score (nSPS) is 11.9. The first-order chi connectivity index (χ1) is 14.2. The average Bonchev–Trinajstić information content (AvgIpc) is 3.23. The van der Waals surface area contributed by atoms with Crippen molar-refractivity contribution in [1.82, 2.24) is 14.1 Å². The molecule has 0 saturated carbocycles. The topological polar surface area (TPSA) is 58.3 Å². The van der Waals surface area contributed by atoms with Gasteiger partial charge in [-0.25, -0.2) is 9.78 Å². The molecule has 6 nitrogen and oxygen atoms in total. The SMILES string of the molecule is COC(=O)c1cc(OC)c2c(c1)nc(-c1cc3ccccc3n1CC(F)(F)F)n2C. The van der Waals surface area contributed by atoms with Crippen LogP contribution in [0.25, 0.3) is 33.5 Å². The minimum Gasteiger partial charge on any atom is -0.494 e. The number of alkyl halides is 3. The van der Waals surface area contributed by atoms with Crippen LogP contribution in [0.3, 0.4) is 0 Å². The minimum absolute atomic E-state index is 0.238. The highest BCUT2D eigenvalue weighted by atomic mass is 19.4. The van der Waals surface area contributed by atoms with Crippen molar-refractivity contribution >= 4 is 27.9 Å². The van der Waals surface area contributed by atoms with Crippen molar-refractivity contribution in [3.63, 3.8) is 0 Å². The van der Waals surface area contributed by atoms with Crippen molar-refractivity contribution in [2.45, 2.75) is 12.7 Å². The van der Waals surface area contributed by atoms with Crippen molar-refractivity contribution in [3.05, 3.63) is 48.0 Å². The van der Waals surface area contributed by atoms with E-state index in [1.54, 1.807) is 41.9 Å². The molecule has 0 spiro atoms. The summed E-state index contributed by atoms with van der Waals surface area (Å²) in [6.45, 7) is -1.15. The van der Waals surface area contributed by atoms with Gasteiger partial charge in [0.1, 0.15) is 17.8 Å². The molecule has 0 N–H and O–H groups in total. The molecule has 0 amide bonds. The van der Waals surface area contributed by atoms with Crippen LogP contribution < -0.4 is 4.74 Å². The number of halogens is 3. The fourth-order valence-corrected chi connectivity index (χ4v) is 3.68. The van der Waals surface area contributed by atoms with Crippen LogP contribution in [0.5, 0.6) is 5.75 Å². The number of aryl methyl sites for hydroxylation is 1. The van der Waals surface area contributed by atoms with Crippen LogP contribution in [0.4, 0.5) is 13.2 Å². The van der Waals surface area contributed by atoms with Gasteiger partial charge in [0.15, 0.2) is 5.82 Å². The molecule has 2 aromatic carbocycles. The Morgan fingerprint density at radius 1 is 1.13 bits per heavy atom. The molecule has 0 aliphatic heterocycles. The number of hydrogen-bond acceptors (Lipinski definition) is 4. The lowest BCUT2D eigenvalue weighted by atomic mass is 10.2. The van der Waals surface area contributed by atoms with Crippen LogP contribution >= 0.6 is 0 Å². The highest BCUT2D eigenvalue weighted by Crippen LogP contribution is 2.35. The van der Waals surface area contributed by atoms with Crippen LogP contribution in [0, 0.1) is 0 Å². The summed E-state index contributed by atoms with van der Waals surface area (Å²) in [6, 6.07) is 11.6. The molecule has 2 aromatic heterocycles. The summed E-state index contributed by atoms with van der Waals surface area (Å²) in [4.78, 5) is 16.5. The molecule has 0 unspecified atom stereocenters. The third kappa shape index (κ3) is 3.26. The standard InChI is InChI=1S/C21H18F3N3O3/c1-26-18-14(8-13(20(28)30-3)10-17(18)29-2)25-19(26)16-9-12-6-4-5-7-15(12)27(16)11-21(22,23)24/h4-10H,11H2,1-3H3. The van der Waals surface area contributed by atoms with Crippen LogP contribution in [0.15, 0.2) is 42.5 Å². The number of para-hydroxylation sites is 1. The molecule has 0 radical (unpaired) electrons. The monoisotopic (exact) mass is 417 g/mol. The van der Waals surface area contributed by atoms with Gasteiger partial charge in [0, 0.05) is 18.0 Å². The van der Waals surface area contributed by atoms with E-state index in [1.165, 1.54) is 30.9 Å². The Bertz CT molecular complexity index is 1270. The van der Waals surface area contributed by atoms with Crippen LogP contribution in [-0.2, 0) is 18.3 Å². The number of carbonyl (C=O) groups is 1. The first-order valence-corrected chi connectivity index (χ1v) is 9.01. The van der Waals surface area contributed by atoms with Crippen molar-refractivity contribution in [3.8, 4) is 17.3 Å². The first-order valence-electron chi connectivity index (χ1n) is 9.01. The molecular formula is C21H18F3N3O3. The van der Waals surface area contributed by atoms with E-state index in [0.29, 0.717) is 39.2 Å². The maximum Gasteiger partial charge on any atom is 0.406 e. The lowest BCUT2D eigenvalue weighted by Gasteiger charge is -2.13. The number of fused-ring (bicyclic) bond motifs is 2. The summed E-state index contributed by atoms with van der Waals surface area (Å²) in [5, 5.41) is 0.672. The predicted molar refractivity (Wildman–Crippen MR) is 106 cm³/mol. The summed E-state index contributed by atoms with van der Waals surface area (Å²) >= 11 is 0. The number of benzene rings is 2. The maximum absolute atomic E-state index is 13.3.